The molecule has 0 aliphatic carbocycles. The highest BCUT2D eigenvalue weighted by Crippen LogP contribution is 2.26. The van der Waals surface area contributed by atoms with Gasteiger partial charge in [-0.25, -0.2) is 0 Å². The van der Waals surface area contributed by atoms with Gasteiger partial charge < -0.3 is 15.5 Å². The topological polar surface area (TPSA) is 95.0 Å². The Kier molecular flexibility index (Phi) is 7.79. The summed E-state index contributed by atoms with van der Waals surface area (Å²) in [5.41, 5.74) is 1.84. The lowest BCUT2D eigenvalue weighted by Gasteiger charge is -2.22. The van der Waals surface area contributed by atoms with E-state index >= 15 is 0 Å². The number of H-pyrrole nitrogens is 1. The molecule has 180 valence electrons. The summed E-state index contributed by atoms with van der Waals surface area (Å²) in [6.07, 6.45) is 3.67. The number of carbonyl (C=O) groups is 2. The van der Waals surface area contributed by atoms with Gasteiger partial charge >= 0.3 is 0 Å². The van der Waals surface area contributed by atoms with Gasteiger partial charge in [0.15, 0.2) is 10.6 Å². The summed E-state index contributed by atoms with van der Waals surface area (Å²) in [5, 5.41) is 15.0. The van der Waals surface area contributed by atoms with Gasteiger partial charge in [0.1, 0.15) is 12.1 Å². The van der Waals surface area contributed by atoms with Crippen molar-refractivity contribution in [1.82, 2.24) is 20.1 Å². The van der Waals surface area contributed by atoms with E-state index in [1.165, 1.54) is 24.2 Å². The molecule has 2 aromatic heterocycles. The molecule has 8 nitrogen and oxygen atoms in total. The predicted octanol–water partition coefficient (Wildman–Crippen LogP) is 4.75. The van der Waals surface area contributed by atoms with Crippen molar-refractivity contribution >= 4 is 46.7 Å². The molecule has 1 saturated heterocycles. The molecule has 1 fully saturated rings. The molecule has 0 saturated carbocycles. The van der Waals surface area contributed by atoms with Crippen molar-refractivity contribution in [2.24, 2.45) is 0 Å². The fraction of sp³-hybridized carbons (Fsp3) is 0.417. The Hall–Kier alpha value is -2.98. The quantitative estimate of drug-likeness (QED) is 0.370. The Morgan fingerprint density at radius 3 is 2.71 bits per heavy atom. The van der Waals surface area contributed by atoms with Crippen molar-refractivity contribution in [2.45, 2.75) is 51.6 Å². The summed E-state index contributed by atoms with van der Waals surface area (Å²) < 4.78 is 2.05. The molecular formula is C24H30N6O2S2. The minimum Gasteiger partial charge on any atom is -0.371 e. The first-order valence-electron chi connectivity index (χ1n) is 11.6. The van der Waals surface area contributed by atoms with E-state index in [1.54, 1.807) is 11.5 Å². The van der Waals surface area contributed by atoms with Crippen LogP contribution in [0.4, 0.5) is 11.4 Å². The number of amides is 2. The van der Waals surface area contributed by atoms with Crippen LogP contribution in [0.3, 0.4) is 0 Å². The molecule has 3 N–H and O–H groups in total. The van der Waals surface area contributed by atoms with Gasteiger partial charge in [-0.2, -0.15) is 5.10 Å². The maximum Gasteiger partial charge on any atom is 0.246 e. The Bertz CT molecular complexity index is 1180. The highest BCUT2D eigenvalue weighted by atomic mass is 32.1. The Labute approximate surface area is 208 Å². The number of aromatic amines is 1. The first-order chi connectivity index (χ1) is 16.5. The molecule has 2 atom stereocenters. The number of thiophene rings is 1. The van der Waals surface area contributed by atoms with Crippen LogP contribution in [0.1, 0.15) is 45.6 Å². The Morgan fingerprint density at radius 2 is 2.00 bits per heavy atom. The minimum atomic E-state index is -0.651. The van der Waals surface area contributed by atoms with E-state index in [0.717, 1.165) is 35.8 Å². The number of rotatable bonds is 9. The fourth-order valence-electron chi connectivity index (χ4n) is 4.20. The maximum absolute atomic E-state index is 13.2. The number of aromatic nitrogens is 3. The van der Waals surface area contributed by atoms with Gasteiger partial charge in [-0.1, -0.05) is 25.5 Å². The van der Waals surface area contributed by atoms with Gasteiger partial charge in [-0.15, -0.1) is 11.3 Å². The smallest absolute Gasteiger partial charge is 0.246 e. The van der Waals surface area contributed by atoms with Crippen molar-refractivity contribution in [3.8, 4) is 10.7 Å². The molecule has 34 heavy (non-hydrogen) atoms. The molecule has 0 spiro atoms. The van der Waals surface area contributed by atoms with Gasteiger partial charge in [0.25, 0.3) is 0 Å². The monoisotopic (exact) mass is 498 g/mol. The average Bonchev–Trinajstić information content (AvgIpc) is 3.60. The van der Waals surface area contributed by atoms with E-state index in [1.807, 2.05) is 42.6 Å². The summed E-state index contributed by atoms with van der Waals surface area (Å²) in [7, 11) is 0. The van der Waals surface area contributed by atoms with Gasteiger partial charge in [0, 0.05) is 24.5 Å². The SMILES string of the molecule is CCCC(NC(=O)C(C)n1c(-c2cccs2)n[nH]c1=S)C(=O)Nc1cccc(N2CCCC2)c1. The van der Waals surface area contributed by atoms with E-state index in [2.05, 4.69) is 31.8 Å². The molecule has 0 bridgehead atoms. The number of hydrogen-bond donors (Lipinski definition) is 3. The van der Waals surface area contributed by atoms with Crippen LogP contribution < -0.4 is 15.5 Å². The van der Waals surface area contributed by atoms with Crippen molar-refractivity contribution in [3.05, 3.63) is 46.5 Å². The summed E-state index contributed by atoms with van der Waals surface area (Å²) in [6, 6.07) is 10.5. The Morgan fingerprint density at radius 1 is 1.21 bits per heavy atom. The zero-order valence-corrected chi connectivity index (χ0v) is 21.0. The van der Waals surface area contributed by atoms with Gasteiger partial charge in [-0.05, 0) is 68.0 Å². The van der Waals surface area contributed by atoms with Gasteiger partial charge in [0.2, 0.25) is 11.8 Å². The lowest BCUT2D eigenvalue weighted by molar-refractivity contribution is -0.128. The van der Waals surface area contributed by atoms with E-state index in [9.17, 15) is 9.59 Å². The maximum atomic E-state index is 13.2. The van der Waals surface area contributed by atoms with Crippen LogP contribution in [-0.2, 0) is 9.59 Å². The third kappa shape index (κ3) is 5.39. The van der Waals surface area contributed by atoms with Crippen molar-refractivity contribution in [3.63, 3.8) is 0 Å². The average molecular weight is 499 g/mol. The summed E-state index contributed by atoms with van der Waals surface area (Å²) in [6.45, 7) is 5.82. The number of benzene rings is 1. The fourth-order valence-corrected chi connectivity index (χ4v) is 5.20. The molecule has 1 aliphatic heterocycles. The second kappa shape index (κ2) is 11.0. The molecule has 2 amide bonds. The number of hydrogen-bond acceptors (Lipinski definition) is 6. The molecule has 3 aromatic rings. The van der Waals surface area contributed by atoms with Gasteiger partial charge in [-0.3, -0.25) is 19.3 Å². The molecule has 10 heteroatoms. The van der Waals surface area contributed by atoms with Crippen molar-refractivity contribution < 1.29 is 9.59 Å². The van der Waals surface area contributed by atoms with Crippen LogP contribution in [0.5, 0.6) is 0 Å². The molecular weight excluding hydrogens is 468 g/mol. The number of anilines is 2. The van der Waals surface area contributed by atoms with E-state index in [4.69, 9.17) is 12.2 Å². The number of carbonyl (C=O) groups excluding carboxylic acids is 2. The first-order valence-corrected chi connectivity index (χ1v) is 12.9. The second-order valence-electron chi connectivity index (χ2n) is 8.46. The zero-order chi connectivity index (χ0) is 24.1. The van der Waals surface area contributed by atoms with Crippen LogP contribution in [0.25, 0.3) is 10.7 Å². The summed E-state index contributed by atoms with van der Waals surface area (Å²) in [4.78, 5) is 29.5. The normalized spacial score (nSPS) is 15.2. The highest BCUT2D eigenvalue weighted by molar-refractivity contribution is 7.71. The molecule has 1 aliphatic rings. The van der Waals surface area contributed by atoms with E-state index < -0.39 is 12.1 Å². The van der Waals surface area contributed by atoms with Crippen LogP contribution in [0.15, 0.2) is 41.8 Å². The summed E-state index contributed by atoms with van der Waals surface area (Å²) >= 11 is 6.91. The summed E-state index contributed by atoms with van der Waals surface area (Å²) in [5.74, 6) is 0.0998. The number of nitrogens with zero attached hydrogens (tertiary/aromatic N) is 3. The van der Waals surface area contributed by atoms with E-state index in [0.29, 0.717) is 17.0 Å². The van der Waals surface area contributed by atoms with Crippen LogP contribution in [-0.4, -0.2) is 45.7 Å². The first kappa shape index (κ1) is 24.2. The van der Waals surface area contributed by atoms with Crippen molar-refractivity contribution in [2.75, 3.05) is 23.3 Å². The van der Waals surface area contributed by atoms with Crippen molar-refractivity contribution in [1.29, 1.82) is 0 Å². The standard InChI is InChI=1S/C24H30N6O2S2/c1-3-8-19(23(32)25-17-9-6-10-18(15-17)29-12-4-5-13-29)26-22(31)16(2)30-21(27-28-24(30)33)20-11-7-14-34-20/h6-7,9-11,14-16,19H,3-5,8,12-13H2,1-2H3,(H,25,32)(H,26,31)(H,28,33). The minimum absolute atomic E-state index is 0.227. The van der Waals surface area contributed by atoms with Gasteiger partial charge in [0.05, 0.1) is 4.88 Å². The largest absolute Gasteiger partial charge is 0.371 e. The lowest BCUT2D eigenvalue weighted by Crippen LogP contribution is -2.46. The third-order valence-electron chi connectivity index (χ3n) is 6.01. The zero-order valence-electron chi connectivity index (χ0n) is 19.4. The predicted molar refractivity (Wildman–Crippen MR) is 139 cm³/mol. The van der Waals surface area contributed by atoms with Crippen LogP contribution >= 0.6 is 23.6 Å². The van der Waals surface area contributed by atoms with Crippen LogP contribution in [0, 0.1) is 4.77 Å². The second-order valence-corrected chi connectivity index (χ2v) is 9.79. The number of nitrogens with one attached hydrogen (secondary N) is 3. The molecule has 2 unspecified atom stereocenters. The van der Waals surface area contributed by atoms with Crippen LogP contribution in [0.2, 0.25) is 0 Å². The molecule has 0 radical (unpaired) electrons. The molecule has 1 aromatic carbocycles. The highest BCUT2D eigenvalue weighted by Gasteiger charge is 2.26. The Balaban J connectivity index is 1.46. The molecule has 3 heterocycles. The third-order valence-corrected chi connectivity index (χ3v) is 7.16. The molecule has 4 rings (SSSR count). The van der Waals surface area contributed by atoms with E-state index in [-0.39, 0.29) is 11.8 Å². The lowest BCUT2D eigenvalue weighted by atomic mass is 10.1.